The van der Waals surface area contributed by atoms with Crippen molar-refractivity contribution in [2.45, 2.75) is 32.7 Å². The van der Waals surface area contributed by atoms with Crippen LogP contribution in [0.2, 0.25) is 0 Å². The second-order valence-corrected chi connectivity index (χ2v) is 5.94. The number of fused-ring (bicyclic) bond motifs is 1. The van der Waals surface area contributed by atoms with Gasteiger partial charge in [0, 0.05) is 23.3 Å². The maximum Gasteiger partial charge on any atom is 0.313 e. The van der Waals surface area contributed by atoms with Crippen LogP contribution in [0.5, 0.6) is 0 Å². The average molecular weight is 351 g/mol. The van der Waals surface area contributed by atoms with Crippen molar-refractivity contribution in [2.24, 2.45) is 0 Å². The summed E-state index contributed by atoms with van der Waals surface area (Å²) in [7, 11) is 0. The summed E-state index contributed by atoms with van der Waals surface area (Å²) in [6, 6.07) is 11.4. The van der Waals surface area contributed by atoms with Crippen LogP contribution in [0.3, 0.4) is 0 Å². The first kappa shape index (κ1) is 17.8. The highest BCUT2D eigenvalue weighted by Gasteiger charge is 2.24. The highest BCUT2D eigenvalue weighted by atomic mass is 16.5. The van der Waals surface area contributed by atoms with Gasteiger partial charge in [0.2, 0.25) is 0 Å². The standard InChI is InChI=1S/C20H21N3O3/c1-3-15(20(25)26-4-2)17-10-12-22-23(19(17)24)13-18-16-8-6-5-7-14(16)9-11-21-18/h5-12,15H,3-4,13H2,1-2H3. The molecule has 1 unspecified atom stereocenters. The van der Waals surface area contributed by atoms with Gasteiger partial charge in [0.25, 0.3) is 5.56 Å². The molecule has 6 heteroatoms. The molecule has 0 saturated carbocycles. The molecule has 1 atom stereocenters. The van der Waals surface area contributed by atoms with Crippen molar-refractivity contribution in [1.29, 1.82) is 0 Å². The molecule has 1 aromatic carbocycles. The Balaban J connectivity index is 1.99. The molecule has 0 aliphatic rings. The van der Waals surface area contributed by atoms with Crippen molar-refractivity contribution < 1.29 is 9.53 Å². The molecule has 3 aromatic rings. The first-order valence-corrected chi connectivity index (χ1v) is 8.71. The van der Waals surface area contributed by atoms with Crippen LogP contribution < -0.4 is 5.56 Å². The van der Waals surface area contributed by atoms with Gasteiger partial charge < -0.3 is 4.74 Å². The number of pyridine rings is 1. The molecule has 0 saturated heterocycles. The number of ether oxygens (including phenoxy) is 1. The summed E-state index contributed by atoms with van der Waals surface area (Å²) in [6.45, 7) is 4.14. The Morgan fingerprint density at radius 3 is 2.73 bits per heavy atom. The molecule has 3 rings (SSSR count). The molecule has 0 amide bonds. The Labute approximate surface area is 151 Å². The Hall–Kier alpha value is -3.02. The number of hydrogen-bond acceptors (Lipinski definition) is 5. The Bertz CT molecular complexity index is 976. The Morgan fingerprint density at radius 1 is 1.15 bits per heavy atom. The van der Waals surface area contributed by atoms with E-state index in [1.54, 1.807) is 25.4 Å². The molecular formula is C20H21N3O3. The molecule has 6 nitrogen and oxygen atoms in total. The molecule has 0 radical (unpaired) electrons. The van der Waals surface area contributed by atoms with Gasteiger partial charge in [-0.05, 0) is 30.9 Å². The molecule has 0 aliphatic heterocycles. The van der Waals surface area contributed by atoms with Crippen molar-refractivity contribution in [3.63, 3.8) is 0 Å². The van der Waals surface area contributed by atoms with Gasteiger partial charge in [-0.25, -0.2) is 4.68 Å². The third-order valence-corrected chi connectivity index (χ3v) is 4.35. The molecular weight excluding hydrogens is 330 g/mol. The van der Waals surface area contributed by atoms with E-state index in [9.17, 15) is 9.59 Å². The lowest BCUT2D eigenvalue weighted by molar-refractivity contribution is -0.145. The monoisotopic (exact) mass is 351 g/mol. The predicted molar refractivity (Wildman–Crippen MR) is 99.0 cm³/mol. The SMILES string of the molecule is CCOC(=O)C(CC)c1ccnn(Cc2nccc3ccccc23)c1=O. The van der Waals surface area contributed by atoms with Gasteiger partial charge in [-0.3, -0.25) is 14.6 Å². The van der Waals surface area contributed by atoms with Crippen molar-refractivity contribution >= 4 is 16.7 Å². The van der Waals surface area contributed by atoms with Gasteiger partial charge in [-0.2, -0.15) is 5.10 Å². The smallest absolute Gasteiger partial charge is 0.313 e. The molecule has 2 aromatic heterocycles. The van der Waals surface area contributed by atoms with E-state index in [-0.39, 0.29) is 24.7 Å². The summed E-state index contributed by atoms with van der Waals surface area (Å²) < 4.78 is 6.45. The van der Waals surface area contributed by atoms with E-state index >= 15 is 0 Å². The topological polar surface area (TPSA) is 74.1 Å². The second-order valence-electron chi connectivity index (χ2n) is 5.94. The minimum atomic E-state index is -0.586. The van der Waals surface area contributed by atoms with Gasteiger partial charge in [-0.15, -0.1) is 0 Å². The van der Waals surface area contributed by atoms with Gasteiger partial charge >= 0.3 is 5.97 Å². The van der Waals surface area contributed by atoms with Crippen LogP contribution in [0.15, 0.2) is 53.6 Å². The van der Waals surface area contributed by atoms with Gasteiger partial charge in [0.15, 0.2) is 0 Å². The molecule has 0 spiro atoms. The minimum absolute atomic E-state index is 0.243. The zero-order chi connectivity index (χ0) is 18.5. The van der Waals surface area contributed by atoms with Crippen LogP contribution >= 0.6 is 0 Å². The highest BCUT2D eigenvalue weighted by molar-refractivity contribution is 5.84. The number of hydrogen-bond donors (Lipinski definition) is 0. The summed E-state index contributed by atoms with van der Waals surface area (Å²) in [6.07, 6.45) is 3.76. The summed E-state index contributed by atoms with van der Waals surface area (Å²) in [5, 5.41) is 6.21. The molecule has 2 heterocycles. The van der Waals surface area contributed by atoms with Crippen LogP contribution in [0.1, 0.15) is 37.4 Å². The zero-order valence-corrected chi connectivity index (χ0v) is 14.9. The van der Waals surface area contributed by atoms with E-state index in [0.717, 1.165) is 16.5 Å². The van der Waals surface area contributed by atoms with Crippen molar-refractivity contribution in [2.75, 3.05) is 6.61 Å². The fourth-order valence-corrected chi connectivity index (χ4v) is 3.05. The number of benzene rings is 1. The molecule has 0 bridgehead atoms. The summed E-state index contributed by atoms with van der Waals surface area (Å²) in [5.41, 5.74) is 0.877. The normalized spacial score (nSPS) is 12.1. The van der Waals surface area contributed by atoms with Gasteiger partial charge in [0.1, 0.15) is 0 Å². The molecule has 0 N–H and O–H groups in total. The first-order chi connectivity index (χ1) is 12.7. The highest BCUT2D eigenvalue weighted by Crippen LogP contribution is 2.19. The maximum atomic E-state index is 12.9. The van der Waals surface area contributed by atoms with E-state index in [0.29, 0.717) is 12.0 Å². The Kier molecular flexibility index (Phi) is 5.41. The molecule has 0 aliphatic carbocycles. The van der Waals surface area contributed by atoms with Gasteiger partial charge in [-0.1, -0.05) is 31.2 Å². The fourth-order valence-electron chi connectivity index (χ4n) is 3.05. The third kappa shape index (κ3) is 3.49. The largest absolute Gasteiger partial charge is 0.466 e. The van der Waals surface area contributed by atoms with E-state index in [2.05, 4.69) is 10.1 Å². The lowest BCUT2D eigenvalue weighted by Crippen LogP contribution is -2.30. The van der Waals surface area contributed by atoms with Crippen LogP contribution in [-0.4, -0.2) is 27.3 Å². The van der Waals surface area contributed by atoms with Crippen LogP contribution in [0.4, 0.5) is 0 Å². The second kappa shape index (κ2) is 7.91. The average Bonchev–Trinajstić information content (AvgIpc) is 2.66. The van der Waals surface area contributed by atoms with E-state index in [4.69, 9.17) is 4.74 Å². The lowest BCUT2D eigenvalue weighted by Gasteiger charge is -2.14. The summed E-state index contributed by atoms with van der Waals surface area (Å²) in [5.74, 6) is -0.967. The number of aromatic nitrogens is 3. The lowest BCUT2D eigenvalue weighted by atomic mass is 9.98. The Morgan fingerprint density at radius 2 is 1.96 bits per heavy atom. The van der Waals surface area contributed by atoms with Gasteiger partial charge in [0.05, 0.1) is 24.8 Å². The third-order valence-electron chi connectivity index (χ3n) is 4.35. The van der Waals surface area contributed by atoms with E-state index in [1.165, 1.54) is 4.68 Å². The van der Waals surface area contributed by atoms with E-state index < -0.39 is 5.92 Å². The van der Waals surface area contributed by atoms with Crippen LogP contribution in [0.25, 0.3) is 10.8 Å². The first-order valence-electron chi connectivity index (χ1n) is 8.71. The minimum Gasteiger partial charge on any atom is -0.466 e. The molecule has 0 fully saturated rings. The summed E-state index contributed by atoms with van der Waals surface area (Å²) in [4.78, 5) is 29.5. The number of carbonyl (C=O) groups excluding carboxylic acids is 1. The van der Waals surface area contributed by atoms with Crippen LogP contribution in [0, 0.1) is 0 Å². The zero-order valence-electron chi connectivity index (χ0n) is 14.9. The molecule has 26 heavy (non-hydrogen) atoms. The number of carbonyl (C=O) groups is 1. The number of esters is 1. The van der Waals surface area contributed by atoms with Crippen molar-refractivity contribution in [1.82, 2.24) is 14.8 Å². The number of nitrogens with zero attached hydrogens (tertiary/aromatic N) is 3. The van der Waals surface area contributed by atoms with E-state index in [1.807, 2.05) is 37.3 Å². The maximum absolute atomic E-state index is 12.9. The van der Waals surface area contributed by atoms with Crippen molar-refractivity contribution in [3.8, 4) is 0 Å². The molecule has 134 valence electrons. The van der Waals surface area contributed by atoms with Crippen molar-refractivity contribution in [3.05, 3.63) is 70.4 Å². The fraction of sp³-hybridized carbons (Fsp3) is 0.300. The quantitative estimate of drug-likeness (QED) is 0.639. The predicted octanol–water partition coefficient (Wildman–Crippen LogP) is 2.90. The number of rotatable bonds is 6. The summed E-state index contributed by atoms with van der Waals surface area (Å²) >= 11 is 0. The van der Waals surface area contributed by atoms with Crippen LogP contribution in [-0.2, 0) is 16.1 Å².